The van der Waals surface area contributed by atoms with Gasteiger partial charge in [-0.2, -0.15) is 0 Å². The summed E-state index contributed by atoms with van der Waals surface area (Å²) in [6.45, 7) is 2.42. The molecule has 0 amide bonds. The van der Waals surface area contributed by atoms with Crippen LogP contribution in [0.4, 0.5) is 0 Å². The molecular formula is C14H21N. The molecule has 0 atom stereocenters. The van der Waals surface area contributed by atoms with Crippen molar-refractivity contribution in [1.29, 1.82) is 0 Å². The fraction of sp³-hybridized carbons (Fsp3) is 0.571. The molecule has 1 saturated carbocycles. The Balaban J connectivity index is 1.51. The molecule has 15 heavy (non-hydrogen) atoms. The molecule has 0 unspecified atom stereocenters. The highest BCUT2D eigenvalue weighted by atomic mass is 14.9. The fourth-order valence-corrected chi connectivity index (χ4v) is 2.07. The highest BCUT2D eigenvalue weighted by Gasteiger charge is 2.15. The Bertz CT molecular complexity index is 264. The monoisotopic (exact) mass is 203 g/mol. The molecule has 1 aliphatic carbocycles. The average Bonchev–Trinajstić information content (AvgIpc) is 2.22. The number of rotatable bonds is 6. The Kier molecular flexibility index (Phi) is 4.22. The second kappa shape index (κ2) is 5.92. The standard InChI is InChI=1S/C14H21N/c1-2-6-13(7-3-1)10-5-11-15-12-14-8-4-9-14/h1-3,6-7,14-15H,4-5,8-12H2. The predicted octanol–water partition coefficient (Wildman–Crippen LogP) is 3.01. The van der Waals surface area contributed by atoms with Gasteiger partial charge in [0.05, 0.1) is 0 Å². The summed E-state index contributed by atoms with van der Waals surface area (Å²) in [5.41, 5.74) is 1.46. The number of benzene rings is 1. The molecule has 0 aromatic heterocycles. The summed E-state index contributed by atoms with van der Waals surface area (Å²) in [5, 5.41) is 3.56. The van der Waals surface area contributed by atoms with Crippen LogP contribution in [0.1, 0.15) is 31.2 Å². The van der Waals surface area contributed by atoms with Gasteiger partial charge >= 0.3 is 0 Å². The van der Waals surface area contributed by atoms with E-state index < -0.39 is 0 Å². The van der Waals surface area contributed by atoms with Crippen molar-refractivity contribution in [1.82, 2.24) is 5.32 Å². The molecule has 1 aliphatic rings. The first-order valence-corrected chi connectivity index (χ1v) is 6.20. The minimum absolute atomic E-state index is 0.988. The molecule has 1 N–H and O–H groups in total. The van der Waals surface area contributed by atoms with Crippen molar-refractivity contribution in [3.8, 4) is 0 Å². The maximum Gasteiger partial charge on any atom is -0.00205 e. The first kappa shape index (κ1) is 10.7. The first-order valence-electron chi connectivity index (χ1n) is 6.20. The van der Waals surface area contributed by atoms with Crippen LogP contribution in [0.5, 0.6) is 0 Å². The van der Waals surface area contributed by atoms with E-state index in [1.807, 2.05) is 0 Å². The van der Waals surface area contributed by atoms with Crippen molar-refractivity contribution < 1.29 is 0 Å². The van der Waals surface area contributed by atoms with Crippen molar-refractivity contribution in [2.75, 3.05) is 13.1 Å². The van der Waals surface area contributed by atoms with E-state index >= 15 is 0 Å². The van der Waals surface area contributed by atoms with Crippen LogP contribution in [0, 0.1) is 5.92 Å². The molecule has 1 heteroatoms. The number of hydrogen-bond donors (Lipinski definition) is 1. The van der Waals surface area contributed by atoms with Crippen LogP contribution < -0.4 is 5.32 Å². The summed E-state index contributed by atoms with van der Waals surface area (Å²) in [6, 6.07) is 10.8. The summed E-state index contributed by atoms with van der Waals surface area (Å²) in [4.78, 5) is 0. The van der Waals surface area contributed by atoms with E-state index in [-0.39, 0.29) is 0 Å². The largest absolute Gasteiger partial charge is 0.316 e. The topological polar surface area (TPSA) is 12.0 Å². The van der Waals surface area contributed by atoms with Crippen molar-refractivity contribution in [2.45, 2.75) is 32.1 Å². The lowest BCUT2D eigenvalue weighted by molar-refractivity contribution is 0.302. The van der Waals surface area contributed by atoms with Crippen LogP contribution in [-0.4, -0.2) is 13.1 Å². The lowest BCUT2D eigenvalue weighted by Crippen LogP contribution is -2.28. The third-order valence-corrected chi connectivity index (χ3v) is 3.32. The highest BCUT2D eigenvalue weighted by Crippen LogP contribution is 2.24. The van der Waals surface area contributed by atoms with Crippen molar-refractivity contribution in [3.05, 3.63) is 35.9 Å². The highest BCUT2D eigenvalue weighted by molar-refractivity contribution is 5.14. The molecule has 2 rings (SSSR count). The van der Waals surface area contributed by atoms with E-state index in [1.54, 1.807) is 0 Å². The smallest absolute Gasteiger partial charge is 0.00205 e. The van der Waals surface area contributed by atoms with Gasteiger partial charge in [-0.15, -0.1) is 0 Å². The molecule has 0 saturated heterocycles. The third kappa shape index (κ3) is 3.67. The van der Waals surface area contributed by atoms with Crippen LogP contribution >= 0.6 is 0 Å². The van der Waals surface area contributed by atoms with Crippen LogP contribution in [-0.2, 0) is 6.42 Å². The summed E-state index contributed by atoms with van der Waals surface area (Å²) in [5.74, 6) is 0.988. The van der Waals surface area contributed by atoms with Gasteiger partial charge in [0, 0.05) is 0 Å². The van der Waals surface area contributed by atoms with Gasteiger partial charge in [-0.05, 0) is 50.3 Å². The summed E-state index contributed by atoms with van der Waals surface area (Å²) >= 11 is 0. The molecule has 1 nitrogen and oxygen atoms in total. The van der Waals surface area contributed by atoms with Crippen LogP contribution in [0.15, 0.2) is 30.3 Å². The van der Waals surface area contributed by atoms with Crippen molar-refractivity contribution >= 4 is 0 Å². The Morgan fingerprint density at radius 3 is 2.60 bits per heavy atom. The number of hydrogen-bond acceptors (Lipinski definition) is 1. The van der Waals surface area contributed by atoms with Crippen molar-refractivity contribution in [2.24, 2.45) is 5.92 Å². The van der Waals surface area contributed by atoms with E-state index in [1.165, 1.54) is 50.8 Å². The Labute approximate surface area is 92.9 Å². The molecule has 0 aliphatic heterocycles. The third-order valence-electron chi connectivity index (χ3n) is 3.32. The molecule has 0 heterocycles. The lowest BCUT2D eigenvalue weighted by atomic mass is 9.85. The van der Waals surface area contributed by atoms with Gasteiger partial charge in [0.25, 0.3) is 0 Å². The second-order valence-electron chi connectivity index (χ2n) is 4.59. The Morgan fingerprint density at radius 2 is 1.93 bits per heavy atom. The molecular weight excluding hydrogens is 182 g/mol. The van der Waals surface area contributed by atoms with Gasteiger partial charge in [-0.3, -0.25) is 0 Å². The van der Waals surface area contributed by atoms with Gasteiger partial charge in [0.2, 0.25) is 0 Å². The Morgan fingerprint density at radius 1 is 1.13 bits per heavy atom. The zero-order chi connectivity index (χ0) is 10.3. The van der Waals surface area contributed by atoms with Gasteiger partial charge < -0.3 is 5.32 Å². The van der Waals surface area contributed by atoms with E-state index in [9.17, 15) is 0 Å². The maximum atomic E-state index is 3.56. The quantitative estimate of drug-likeness (QED) is 0.701. The van der Waals surface area contributed by atoms with Crippen LogP contribution in [0.3, 0.4) is 0 Å². The van der Waals surface area contributed by atoms with Gasteiger partial charge in [-0.1, -0.05) is 36.8 Å². The molecule has 82 valence electrons. The zero-order valence-corrected chi connectivity index (χ0v) is 9.41. The minimum Gasteiger partial charge on any atom is -0.316 e. The summed E-state index contributed by atoms with van der Waals surface area (Å²) < 4.78 is 0. The van der Waals surface area contributed by atoms with Gasteiger partial charge in [0.15, 0.2) is 0 Å². The first-order chi connectivity index (χ1) is 7.45. The Hall–Kier alpha value is -0.820. The fourth-order valence-electron chi connectivity index (χ4n) is 2.07. The van der Waals surface area contributed by atoms with Crippen LogP contribution in [0.2, 0.25) is 0 Å². The SMILES string of the molecule is c1ccc(CCCNCC2CCC2)cc1. The molecule has 1 aromatic rings. The van der Waals surface area contributed by atoms with E-state index in [2.05, 4.69) is 35.6 Å². The van der Waals surface area contributed by atoms with E-state index in [0.717, 1.165) is 5.92 Å². The normalized spacial score (nSPS) is 16.3. The van der Waals surface area contributed by atoms with Gasteiger partial charge in [-0.25, -0.2) is 0 Å². The molecule has 1 fully saturated rings. The molecule has 0 bridgehead atoms. The van der Waals surface area contributed by atoms with E-state index in [4.69, 9.17) is 0 Å². The maximum absolute atomic E-state index is 3.56. The predicted molar refractivity (Wildman–Crippen MR) is 65.0 cm³/mol. The minimum atomic E-state index is 0.988. The van der Waals surface area contributed by atoms with Crippen molar-refractivity contribution in [3.63, 3.8) is 0 Å². The molecule has 1 aromatic carbocycles. The molecule has 0 radical (unpaired) electrons. The van der Waals surface area contributed by atoms with Gasteiger partial charge in [0.1, 0.15) is 0 Å². The zero-order valence-electron chi connectivity index (χ0n) is 9.41. The van der Waals surface area contributed by atoms with Crippen LogP contribution in [0.25, 0.3) is 0 Å². The number of aryl methyl sites for hydroxylation is 1. The van der Waals surface area contributed by atoms with E-state index in [0.29, 0.717) is 0 Å². The summed E-state index contributed by atoms with van der Waals surface area (Å²) in [6.07, 6.45) is 6.82. The molecule has 0 spiro atoms. The second-order valence-corrected chi connectivity index (χ2v) is 4.59. The average molecular weight is 203 g/mol. The summed E-state index contributed by atoms with van der Waals surface area (Å²) in [7, 11) is 0. The lowest BCUT2D eigenvalue weighted by Gasteiger charge is -2.25. The number of nitrogens with one attached hydrogen (secondary N) is 1.